The molecule has 2 amide bonds. The van der Waals surface area contributed by atoms with Gasteiger partial charge in [-0.2, -0.15) is 0 Å². The molecule has 0 spiro atoms. The average Bonchev–Trinajstić information content (AvgIpc) is 3.06. The quantitative estimate of drug-likeness (QED) is 0.651. The molecule has 2 aromatic carbocycles. The first-order valence-corrected chi connectivity index (χ1v) is 10.2. The van der Waals surface area contributed by atoms with Gasteiger partial charge in [-0.3, -0.25) is 14.4 Å². The van der Waals surface area contributed by atoms with Crippen molar-refractivity contribution in [1.82, 2.24) is 0 Å². The van der Waals surface area contributed by atoms with Crippen molar-refractivity contribution in [2.75, 3.05) is 23.4 Å². The zero-order chi connectivity index (χ0) is 21.1. The summed E-state index contributed by atoms with van der Waals surface area (Å²) in [6.45, 7) is 3.52. The Morgan fingerprint density at radius 1 is 1.28 bits per heavy atom. The van der Waals surface area contributed by atoms with Gasteiger partial charge in [0.15, 0.2) is 6.61 Å². The first kappa shape index (κ1) is 21.3. The van der Waals surface area contributed by atoms with Crippen LogP contribution in [0.5, 0.6) is 0 Å². The lowest BCUT2D eigenvalue weighted by Crippen LogP contribution is -2.28. The van der Waals surface area contributed by atoms with Crippen molar-refractivity contribution < 1.29 is 19.1 Å². The maximum absolute atomic E-state index is 12.4. The monoisotopic (exact) mass is 478 g/mol. The fraction of sp³-hybridized carbons (Fsp3) is 0.286. The zero-order valence-corrected chi connectivity index (χ0v) is 18.3. The minimum absolute atomic E-state index is 0.0400. The van der Waals surface area contributed by atoms with E-state index in [1.807, 2.05) is 26.0 Å². The van der Waals surface area contributed by atoms with Crippen LogP contribution in [0.25, 0.3) is 0 Å². The van der Waals surface area contributed by atoms with Gasteiger partial charge in [-0.25, -0.2) is 0 Å². The largest absolute Gasteiger partial charge is 0.455 e. The number of hydrogen-bond acceptors (Lipinski definition) is 4. The number of anilines is 2. The summed E-state index contributed by atoms with van der Waals surface area (Å²) in [5.74, 6) is -1.80. The normalized spacial score (nSPS) is 16.1. The lowest BCUT2D eigenvalue weighted by atomic mass is 10.1. The van der Waals surface area contributed by atoms with E-state index in [4.69, 9.17) is 16.3 Å². The SMILES string of the molecule is Cc1cc(NC(=O)COC(=O)[C@H]2CC(=O)N(c3cccc(Cl)c3C)C2)ccc1Br. The van der Waals surface area contributed by atoms with Crippen molar-refractivity contribution in [2.45, 2.75) is 20.3 Å². The molecule has 0 bridgehead atoms. The summed E-state index contributed by atoms with van der Waals surface area (Å²) in [7, 11) is 0. The number of amides is 2. The number of nitrogens with zero attached hydrogens (tertiary/aromatic N) is 1. The van der Waals surface area contributed by atoms with Crippen LogP contribution in [0.15, 0.2) is 40.9 Å². The number of carbonyl (C=O) groups excluding carboxylic acids is 3. The molecule has 1 heterocycles. The first-order valence-electron chi connectivity index (χ1n) is 9.04. The summed E-state index contributed by atoms with van der Waals surface area (Å²) < 4.78 is 6.07. The molecule has 1 aliphatic heterocycles. The molecule has 0 aliphatic carbocycles. The van der Waals surface area contributed by atoms with Crippen LogP contribution in [-0.4, -0.2) is 30.9 Å². The molecule has 6 nitrogen and oxygen atoms in total. The third-order valence-corrected chi connectivity index (χ3v) is 6.07. The smallest absolute Gasteiger partial charge is 0.311 e. The maximum atomic E-state index is 12.4. The molecule has 0 radical (unpaired) electrons. The molecule has 3 rings (SSSR count). The number of benzene rings is 2. The molecule has 0 saturated carbocycles. The number of halogens is 2. The highest BCUT2D eigenvalue weighted by Crippen LogP contribution is 2.31. The average molecular weight is 480 g/mol. The fourth-order valence-corrected chi connectivity index (χ4v) is 3.58. The minimum atomic E-state index is -0.622. The van der Waals surface area contributed by atoms with Crippen molar-refractivity contribution in [1.29, 1.82) is 0 Å². The highest BCUT2D eigenvalue weighted by molar-refractivity contribution is 9.10. The summed E-state index contributed by atoms with van der Waals surface area (Å²) in [4.78, 5) is 38.4. The van der Waals surface area contributed by atoms with E-state index >= 15 is 0 Å². The van der Waals surface area contributed by atoms with E-state index in [1.54, 1.807) is 24.3 Å². The van der Waals surface area contributed by atoms with Gasteiger partial charge in [0.1, 0.15) is 0 Å². The van der Waals surface area contributed by atoms with E-state index in [1.165, 1.54) is 4.90 Å². The molecule has 1 aliphatic rings. The van der Waals surface area contributed by atoms with Gasteiger partial charge in [-0.15, -0.1) is 0 Å². The van der Waals surface area contributed by atoms with Crippen LogP contribution in [0.2, 0.25) is 5.02 Å². The van der Waals surface area contributed by atoms with Crippen molar-refractivity contribution in [3.8, 4) is 0 Å². The van der Waals surface area contributed by atoms with Crippen LogP contribution < -0.4 is 10.2 Å². The molecule has 1 N–H and O–H groups in total. The number of esters is 1. The Bertz CT molecular complexity index is 979. The number of carbonyl (C=O) groups is 3. The Morgan fingerprint density at radius 2 is 2.03 bits per heavy atom. The highest BCUT2D eigenvalue weighted by atomic mass is 79.9. The third-order valence-electron chi connectivity index (χ3n) is 4.78. The number of hydrogen-bond donors (Lipinski definition) is 1. The molecule has 0 aromatic heterocycles. The Labute approximate surface area is 182 Å². The van der Waals surface area contributed by atoms with Crippen LogP contribution in [0.1, 0.15) is 17.5 Å². The lowest BCUT2D eigenvalue weighted by Gasteiger charge is -2.19. The minimum Gasteiger partial charge on any atom is -0.455 e. The molecule has 1 saturated heterocycles. The van der Waals surface area contributed by atoms with Gasteiger partial charge in [0.25, 0.3) is 5.91 Å². The first-order chi connectivity index (χ1) is 13.8. The van der Waals surface area contributed by atoms with Gasteiger partial charge in [-0.05, 0) is 55.3 Å². The maximum Gasteiger partial charge on any atom is 0.311 e. The predicted molar refractivity (Wildman–Crippen MR) is 115 cm³/mol. The van der Waals surface area contributed by atoms with Crippen LogP contribution >= 0.6 is 27.5 Å². The van der Waals surface area contributed by atoms with E-state index in [-0.39, 0.29) is 18.9 Å². The van der Waals surface area contributed by atoms with Gasteiger partial charge in [0.05, 0.1) is 5.92 Å². The number of ether oxygens (including phenoxy) is 1. The summed E-state index contributed by atoms with van der Waals surface area (Å²) in [5.41, 5.74) is 3.05. The Morgan fingerprint density at radius 3 is 2.76 bits per heavy atom. The summed E-state index contributed by atoms with van der Waals surface area (Å²) in [5, 5.41) is 3.24. The second kappa shape index (κ2) is 8.97. The topological polar surface area (TPSA) is 75.7 Å². The van der Waals surface area contributed by atoms with E-state index in [0.29, 0.717) is 16.4 Å². The van der Waals surface area contributed by atoms with Gasteiger partial charge in [0, 0.05) is 33.8 Å². The molecular weight excluding hydrogens is 460 g/mol. The predicted octanol–water partition coefficient (Wildman–Crippen LogP) is 4.25. The summed E-state index contributed by atoms with van der Waals surface area (Å²) >= 11 is 9.53. The molecule has 0 unspecified atom stereocenters. The third kappa shape index (κ3) is 4.97. The highest BCUT2D eigenvalue weighted by Gasteiger charge is 2.37. The van der Waals surface area contributed by atoms with Gasteiger partial charge >= 0.3 is 5.97 Å². The van der Waals surface area contributed by atoms with Crippen LogP contribution in [0.4, 0.5) is 11.4 Å². The van der Waals surface area contributed by atoms with Crippen molar-refractivity contribution in [3.05, 3.63) is 57.0 Å². The summed E-state index contributed by atoms with van der Waals surface area (Å²) in [6.07, 6.45) is 0.0400. The molecule has 29 heavy (non-hydrogen) atoms. The standard InChI is InChI=1S/C21H20BrClN2O4/c1-12-8-15(6-7-16(12)22)24-19(26)11-29-21(28)14-9-20(27)25(10-14)18-5-3-4-17(23)13(18)2/h3-8,14H,9-11H2,1-2H3,(H,24,26)/t14-/m0/s1. The van der Waals surface area contributed by atoms with Crippen molar-refractivity contribution in [2.24, 2.45) is 5.92 Å². The molecule has 1 atom stereocenters. The molecular formula is C21H20BrClN2O4. The molecule has 8 heteroatoms. The second-order valence-corrected chi connectivity index (χ2v) is 8.17. The van der Waals surface area contributed by atoms with E-state index in [2.05, 4.69) is 21.2 Å². The molecule has 2 aromatic rings. The van der Waals surface area contributed by atoms with Gasteiger partial charge in [0.2, 0.25) is 5.91 Å². The second-order valence-electron chi connectivity index (χ2n) is 6.91. The van der Waals surface area contributed by atoms with Crippen molar-refractivity contribution >= 4 is 56.7 Å². The lowest BCUT2D eigenvalue weighted by molar-refractivity contribution is -0.151. The van der Waals surface area contributed by atoms with Crippen LogP contribution in [0, 0.1) is 19.8 Å². The molecule has 1 fully saturated rings. The number of rotatable bonds is 5. The van der Waals surface area contributed by atoms with Gasteiger partial charge < -0.3 is 15.0 Å². The van der Waals surface area contributed by atoms with Crippen LogP contribution in [-0.2, 0) is 19.1 Å². The Balaban J connectivity index is 1.56. The van der Waals surface area contributed by atoms with E-state index in [0.717, 1.165) is 15.6 Å². The molecule has 152 valence electrons. The fourth-order valence-electron chi connectivity index (χ4n) is 3.16. The summed E-state index contributed by atoms with van der Waals surface area (Å²) in [6, 6.07) is 10.7. The van der Waals surface area contributed by atoms with Gasteiger partial charge in [-0.1, -0.05) is 33.6 Å². The van der Waals surface area contributed by atoms with E-state index < -0.39 is 24.4 Å². The van der Waals surface area contributed by atoms with Crippen LogP contribution in [0.3, 0.4) is 0 Å². The van der Waals surface area contributed by atoms with E-state index in [9.17, 15) is 14.4 Å². The van der Waals surface area contributed by atoms with Crippen molar-refractivity contribution in [3.63, 3.8) is 0 Å². The number of nitrogens with one attached hydrogen (secondary N) is 1. The number of aryl methyl sites for hydroxylation is 1. The zero-order valence-electron chi connectivity index (χ0n) is 16.0. The Kier molecular flexibility index (Phi) is 6.59. The Hall–Kier alpha value is -2.38.